The molecule has 3 rings (SSSR count). The molecule has 2 aromatic rings. The predicted octanol–water partition coefficient (Wildman–Crippen LogP) is 3.38. The Kier molecular flexibility index (Phi) is 12.4. The summed E-state index contributed by atoms with van der Waals surface area (Å²) in [5.41, 5.74) is 2.57. The molecule has 0 saturated carbocycles. The number of rotatable bonds is 10. The van der Waals surface area contributed by atoms with Crippen LogP contribution in [0.4, 0.5) is 0 Å². The molecule has 0 aliphatic carbocycles. The third-order valence-corrected chi connectivity index (χ3v) is 6.29. The zero-order chi connectivity index (χ0) is 21.0. The van der Waals surface area contributed by atoms with Crippen LogP contribution in [-0.2, 0) is 13.0 Å². The van der Waals surface area contributed by atoms with Gasteiger partial charge in [-0.05, 0) is 31.9 Å². The van der Waals surface area contributed by atoms with Crippen molar-refractivity contribution in [3.63, 3.8) is 0 Å². The highest BCUT2D eigenvalue weighted by Gasteiger charge is 2.16. The largest absolute Gasteiger partial charge is 0.356 e. The van der Waals surface area contributed by atoms with Crippen molar-refractivity contribution in [1.82, 2.24) is 25.4 Å². The lowest BCUT2D eigenvalue weighted by Gasteiger charge is -2.34. The number of unbranched alkanes of at least 4 members (excludes halogenated alkanes) is 1. The monoisotopic (exact) mass is 556 g/mol. The first kappa shape index (κ1) is 26.0. The van der Waals surface area contributed by atoms with Crippen LogP contribution in [0, 0.1) is 6.92 Å². The molecule has 1 aliphatic heterocycles. The summed E-state index contributed by atoms with van der Waals surface area (Å²) in [6.45, 7) is 10.8. The Morgan fingerprint density at radius 2 is 1.74 bits per heavy atom. The maximum absolute atomic E-state index is 4.50. The molecule has 2 heterocycles. The van der Waals surface area contributed by atoms with Gasteiger partial charge in [-0.25, -0.2) is 4.98 Å². The van der Waals surface area contributed by atoms with E-state index in [4.69, 9.17) is 0 Å². The molecular formula is C23H37IN6S. The highest BCUT2D eigenvalue weighted by Crippen LogP contribution is 2.09. The average molecular weight is 557 g/mol. The van der Waals surface area contributed by atoms with E-state index in [-0.39, 0.29) is 24.0 Å². The van der Waals surface area contributed by atoms with Gasteiger partial charge in [0, 0.05) is 64.7 Å². The summed E-state index contributed by atoms with van der Waals surface area (Å²) in [6.07, 6.45) is 3.32. The normalized spacial score (nSPS) is 15.5. The molecule has 172 valence electrons. The summed E-state index contributed by atoms with van der Waals surface area (Å²) in [6, 6.07) is 10.8. The molecule has 6 nitrogen and oxygen atoms in total. The van der Waals surface area contributed by atoms with E-state index < -0.39 is 0 Å². The fourth-order valence-electron chi connectivity index (χ4n) is 3.73. The Morgan fingerprint density at radius 3 is 2.42 bits per heavy atom. The Balaban J connectivity index is 0.00000341. The van der Waals surface area contributed by atoms with Gasteiger partial charge in [0.25, 0.3) is 0 Å². The minimum absolute atomic E-state index is 0. The number of thiazole rings is 1. The quantitative estimate of drug-likeness (QED) is 0.204. The third-order valence-electron chi connectivity index (χ3n) is 5.47. The molecular weight excluding hydrogens is 519 g/mol. The Labute approximate surface area is 208 Å². The van der Waals surface area contributed by atoms with E-state index in [0.717, 1.165) is 49.1 Å². The van der Waals surface area contributed by atoms with E-state index in [1.54, 1.807) is 11.3 Å². The van der Waals surface area contributed by atoms with Gasteiger partial charge in [0.05, 0.1) is 10.7 Å². The number of guanidine groups is 1. The first-order valence-corrected chi connectivity index (χ1v) is 11.9. The van der Waals surface area contributed by atoms with Crippen molar-refractivity contribution in [2.45, 2.75) is 32.7 Å². The summed E-state index contributed by atoms with van der Waals surface area (Å²) in [4.78, 5) is 14.0. The van der Waals surface area contributed by atoms with Gasteiger partial charge >= 0.3 is 0 Å². The maximum atomic E-state index is 4.50. The number of hydrogen-bond acceptors (Lipinski definition) is 5. The van der Waals surface area contributed by atoms with E-state index >= 15 is 0 Å². The van der Waals surface area contributed by atoms with Crippen LogP contribution in [0.25, 0.3) is 0 Å². The predicted molar refractivity (Wildman–Crippen MR) is 143 cm³/mol. The molecule has 1 aromatic carbocycles. The van der Waals surface area contributed by atoms with Crippen LogP contribution in [0.2, 0.25) is 0 Å². The highest BCUT2D eigenvalue weighted by atomic mass is 127. The van der Waals surface area contributed by atoms with Gasteiger partial charge in [-0.3, -0.25) is 9.89 Å². The molecule has 0 atom stereocenters. The molecule has 0 spiro atoms. The lowest BCUT2D eigenvalue weighted by atomic mass is 10.2. The minimum atomic E-state index is 0. The lowest BCUT2D eigenvalue weighted by molar-refractivity contribution is 0.126. The molecule has 0 amide bonds. The van der Waals surface area contributed by atoms with Crippen LogP contribution in [0.1, 0.15) is 29.1 Å². The van der Waals surface area contributed by atoms with Gasteiger partial charge in [-0.1, -0.05) is 30.3 Å². The second kappa shape index (κ2) is 14.8. The topological polar surface area (TPSA) is 55.8 Å². The molecule has 0 bridgehead atoms. The second-order valence-corrected chi connectivity index (χ2v) is 8.91. The van der Waals surface area contributed by atoms with Crippen molar-refractivity contribution in [2.75, 3.05) is 52.9 Å². The van der Waals surface area contributed by atoms with Crippen LogP contribution >= 0.6 is 35.3 Å². The number of hydrogen-bond donors (Lipinski definition) is 2. The number of aliphatic imine (C=N–C) groups is 1. The van der Waals surface area contributed by atoms with Crippen molar-refractivity contribution in [3.8, 4) is 0 Å². The van der Waals surface area contributed by atoms with E-state index in [1.165, 1.54) is 44.7 Å². The van der Waals surface area contributed by atoms with Crippen LogP contribution in [-0.4, -0.2) is 73.6 Å². The van der Waals surface area contributed by atoms with Crippen molar-refractivity contribution >= 4 is 41.3 Å². The summed E-state index contributed by atoms with van der Waals surface area (Å²) in [5, 5.41) is 10.1. The van der Waals surface area contributed by atoms with Gasteiger partial charge in [0.2, 0.25) is 0 Å². The first-order valence-electron chi connectivity index (χ1n) is 11.1. The van der Waals surface area contributed by atoms with Gasteiger partial charge < -0.3 is 15.5 Å². The van der Waals surface area contributed by atoms with Crippen molar-refractivity contribution in [3.05, 3.63) is 52.0 Å². The van der Waals surface area contributed by atoms with Gasteiger partial charge in [0.1, 0.15) is 0 Å². The Morgan fingerprint density at radius 1 is 1.03 bits per heavy atom. The number of piperazine rings is 1. The maximum Gasteiger partial charge on any atom is 0.190 e. The van der Waals surface area contributed by atoms with E-state index in [0.29, 0.717) is 0 Å². The first-order chi connectivity index (χ1) is 14.7. The lowest BCUT2D eigenvalue weighted by Crippen LogP contribution is -2.46. The fourth-order valence-corrected chi connectivity index (χ4v) is 4.38. The molecule has 1 saturated heterocycles. The van der Waals surface area contributed by atoms with Crippen LogP contribution in [0.3, 0.4) is 0 Å². The van der Waals surface area contributed by atoms with Crippen LogP contribution in [0.5, 0.6) is 0 Å². The minimum Gasteiger partial charge on any atom is -0.356 e. The summed E-state index contributed by atoms with van der Waals surface area (Å²) < 4.78 is 0. The number of benzene rings is 1. The van der Waals surface area contributed by atoms with Crippen LogP contribution < -0.4 is 10.6 Å². The SMILES string of the molecule is CN=C(NCCCCN1CCN(Cc2ccccc2)CC1)NCCc1csc(C)n1.I. The van der Waals surface area contributed by atoms with Crippen molar-refractivity contribution < 1.29 is 0 Å². The number of nitrogens with one attached hydrogen (secondary N) is 2. The number of nitrogens with zero attached hydrogens (tertiary/aromatic N) is 4. The molecule has 0 radical (unpaired) electrons. The molecule has 1 aliphatic rings. The summed E-state index contributed by atoms with van der Waals surface area (Å²) in [7, 11) is 1.83. The fraction of sp³-hybridized carbons (Fsp3) is 0.565. The Bertz CT molecular complexity index is 758. The van der Waals surface area contributed by atoms with E-state index in [9.17, 15) is 0 Å². The molecule has 0 unspecified atom stereocenters. The van der Waals surface area contributed by atoms with E-state index in [2.05, 4.69) is 66.1 Å². The molecule has 31 heavy (non-hydrogen) atoms. The smallest absolute Gasteiger partial charge is 0.190 e. The van der Waals surface area contributed by atoms with Crippen molar-refractivity contribution in [2.24, 2.45) is 4.99 Å². The number of aryl methyl sites for hydroxylation is 1. The zero-order valence-corrected chi connectivity index (χ0v) is 22.0. The van der Waals surface area contributed by atoms with Crippen molar-refractivity contribution in [1.29, 1.82) is 0 Å². The van der Waals surface area contributed by atoms with Gasteiger partial charge in [-0.15, -0.1) is 35.3 Å². The number of halogens is 1. The second-order valence-electron chi connectivity index (χ2n) is 7.84. The molecule has 8 heteroatoms. The third kappa shape index (κ3) is 9.84. The highest BCUT2D eigenvalue weighted by molar-refractivity contribution is 14.0. The average Bonchev–Trinajstić information content (AvgIpc) is 3.19. The summed E-state index contributed by atoms with van der Waals surface area (Å²) in [5.74, 6) is 0.886. The van der Waals surface area contributed by atoms with Crippen LogP contribution in [0.15, 0.2) is 40.7 Å². The summed E-state index contributed by atoms with van der Waals surface area (Å²) >= 11 is 1.71. The number of aromatic nitrogens is 1. The molecule has 1 fully saturated rings. The van der Waals surface area contributed by atoms with Gasteiger partial charge in [-0.2, -0.15) is 0 Å². The van der Waals surface area contributed by atoms with E-state index in [1.807, 2.05) is 14.0 Å². The Hall–Kier alpha value is -1.23. The standard InChI is InChI=1S/C23H36N6S.HI/c1-20-27-22(19-30-20)10-12-26-23(24-2)25-11-6-7-13-28-14-16-29(17-15-28)18-21-8-4-3-5-9-21;/h3-5,8-9,19H,6-7,10-18H2,1-2H3,(H2,24,25,26);1H. The van der Waals surface area contributed by atoms with Gasteiger partial charge in [0.15, 0.2) is 5.96 Å². The molecule has 1 aromatic heterocycles. The molecule has 2 N–H and O–H groups in total. The zero-order valence-electron chi connectivity index (χ0n) is 18.8.